The van der Waals surface area contributed by atoms with Crippen LogP contribution < -0.4 is 4.72 Å². The smallest absolute Gasteiger partial charge is 0.207 e. The molecule has 0 fully saturated rings. The molecule has 4 heteroatoms. The van der Waals surface area contributed by atoms with Crippen LogP contribution in [0.3, 0.4) is 0 Å². The Balaban J connectivity index is 2.89. The summed E-state index contributed by atoms with van der Waals surface area (Å²) >= 11 is 0. The van der Waals surface area contributed by atoms with E-state index in [0.29, 0.717) is 4.90 Å². The van der Waals surface area contributed by atoms with Crippen molar-refractivity contribution in [2.24, 2.45) is 0 Å². The molecule has 0 saturated heterocycles. The van der Waals surface area contributed by atoms with E-state index >= 15 is 0 Å². The maximum Gasteiger partial charge on any atom is 0.240 e. The van der Waals surface area contributed by atoms with E-state index in [2.05, 4.69) is 11.6 Å². The molecule has 0 spiro atoms. The molecule has 0 heterocycles. The highest BCUT2D eigenvalue weighted by atomic mass is 32.2. The van der Waals surface area contributed by atoms with Crippen molar-refractivity contribution in [1.82, 2.24) is 4.72 Å². The number of aryl methyl sites for hydroxylation is 1. The fourth-order valence-electron chi connectivity index (χ4n) is 1.35. The maximum absolute atomic E-state index is 11.6. The summed E-state index contributed by atoms with van der Waals surface area (Å²) in [6.07, 6.45) is 2.04. The largest absolute Gasteiger partial charge is 0.240 e. The zero-order chi connectivity index (χ0) is 11.3. The van der Waals surface area contributed by atoms with Gasteiger partial charge in [-0.05, 0) is 31.0 Å². The van der Waals surface area contributed by atoms with Gasteiger partial charge >= 0.3 is 0 Å². The third-order valence-corrected chi connectivity index (χ3v) is 3.48. The predicted molar refractivity (Wildman–Crippen MR) is 60.7 cm³/mol. The van der Waals surface area contributed by atoms with Crippen LogP contribution in [0.1, 0.15) is 25.8 Å². The Bertz CT molecular complexity index is 395. The topological polar surface area (TPSA) is 46.2 Å². The minimum absolute atomic E-state index is 0.306. The van der Waals surface area contributed by atoms with Crippen LogP contribution in [0.15, 0.2) is 29.2 Å². The number of hydrogen-bond acceptors (Lipinski definition) is 2. The molecule has 0 atom stereocenters. The van der Waals surface area contributed by atoms with Gasteiger partial charge in [0.25, 0.3) is 0 Å². The highest BCUT2D eigenvalue weighted by Gasteiger charge is 2.11. The number of rotatable bonds is 5. The lowest BCUT2D eigenvalue weighted by Crippen LogP contribution is -2.19. The Morgan fingerprint density at radius 2 is 1.87 bits per heavy atom. The Morgan fingerprint density at radius 3 is 2.33 bits per heavy atom. The van der Waals surface area contributed by atoms with Gasteiger partial charge in [-0.15, -0.1) is 0 Å². The minimum Gasteiger partial charge on any atom is -0.207 e. The van der Waals surface area contributed by atoms with Crippen molar-refractivity contribution >= 4 is 10.0 Å². The first-order chi connectivity index (χ1) is 7.10. The van der Waals surface area contributed by atoms with Crippen LogP contribution in [-0.4, -0.2) is 8.42 Å². The van der Waals surface area contributed by atoms with Gasteiger partial charge in [0, 0.05) is 6.54 Å². The van der Waals surface area contributed by atoms with E-state index < -0.39 is 10.0 Å². The van der Waals surface area contributed by atoms with Crippen LogP contribution in [0.4, 0.5) is 0 Å². The number of hydrogen-bond donors (Lipinski definition) is 1. The molecule has 0 aliphatic carbocycles. The van der Waals surface area contributed by atoms with Gasteiger partial charge < -0.3 is 0 Å². The van der Waals surface area contributed by atoms with Gasteiger partial charge in [-0.3, -0.25) is 0 Å². The molecule has 0 unspecified atom stereocenters. The number of benzene rings is 1. The standard InChI is InChI=1S/C11H16NO2S/c1-3-5-10-6-8-11(9-7-10)15(13,14)12-4-2/h4,6-9,12H,3,5H2,1-2H3. The first-order valence-corrected chi connectivity index (χ1v) is 6.47. The maximum atomic E-state index is 11.6. The Kier molecular flexibility index (Phi) is 4.29. The highest BCUT2D eigenvalue weighted by Crippen LogP contribution is 2.11. The SMILES string of the molecule is C[CH]NS(=O)(=O)c1ccc(CCC)cc1. The predicted octanol–water partition coefficient (Wildman–Crippen LogP) is 2.10. The van der Waals surface area contributed by atoms with E-state index in [1.165, 1.54) is 6.54 Å². The zero-order valence-corrected chi connectivity index (χ0v) is 9.84. The van der Waals surface area contributed by atoms with Gasteiger partial charge in [0.05, 0.1) is 4.90 Å². The molecule has 0 aromatic heterocycles. The van der Waals surface area contributed by atoms with Crippen LogP contribution >= 0.6 is 0 Å². The monoisotopic (exact) mass is 226 g/mol. The summed E-state index contributed by atoms with van der Waals surface area (Å²) < 4.78 is 25.5. The summed E-state index contributed by atoms with van der Waals surface area (Å²) in [5, 5.41) is 0. The normalized spacial score (nSPS) is 11.6. The van der Waals surface area contributed by atoms with E-state index in [1.807, 2.05) is 12.1 Å². The molecule has 1 aromatic rings. The second kappa shape index (κ2) is 5.28. The molecule has 15 heavy (non-hydrogen) atoms. The van der Waals surface area contributed by atoms with E-state index in [9.17, 15) is 8.42 Å². The number of sulfonamides is 1. The van der Waals surface area contributed by atoms with E-state index in [-0.39, 0.29) is 0 Å². The summed E-state index contributed by atoms with van der Waals surface area (Å²) in [4.78, 5) is 0.306. The molecule has 0 bridgehead atoms. The van der Waals surface area contributed by atoms with Crippen molar-refractivity contribution in [3.63, 3.8) is 0 Å². The van der Waals surface area contributed by atoms with Crippen molar-refractivity contribution in [3.8, 4) is 0 Å². The molecule has 0 saturated carbocycles. The van der Waals surface area contributed by atoms with Crippen LogP contribution in [0.2, 0.25) is 0 Å². The molecule has 3 nitrogen and oxygen atoms in total. The average molecular weight is 226 g/mol. The van der Waals surface area contributed by atoms with Gasteiger partial charge in [-0.25, -0.2) is 13.1 Å². The quantitative estimate of drug-likeness (QED) is 0.835. The summed E-state index contributed by atoms with van der Waals surface area (Å²) in [6.45, 7) is 5.15. The third-order valence-electron chi connectivity index (χ3n) is 2.05. The molecule has 1 rings (SSSR count). The molecule has 0 aliphatic heterocycles. The highest BCUT2D eigenvalue weighted by molar-refractivity contribution is 7.89. The van der Waals surface area contributed by atoms with Gasteiger partial charge in [0.1, 0.15) is 0 Å². The second-order valence-corrected chi connectivity index (χ2v) is 5.02. The van der Waals surface area contributed by atoms with Crippen molar-refractivity contribution in [1.29, 1.82) is 0 Å². The lowest BCUT2D eigenvalue weighted by Gasteiger charge is -2.05. The summed E-state index contributed by atoms with van der Waals surface area (Å²) in [6, 6.07) is 6.98. The Labute approximate surface area is 91.6 Å². The van der Waals surface area contributed by atoms with Crippen LogP contribution in [-0.2, 0) is 16.4 Å². The van der Waals surface area contributed by atoms with Crippen LogP contribution in [0.5, 0.6) is 0 Å². The van der Waals surface area contributed by atoms with Crippen molar-refractivity contribution in [2.45, 2.75) is 31.6 Å². The molecule has 0 aliphatic rings. The molecular formula is C11H16NO2S. The summed E-state index contributed by atoms with van der Waals surface area (Å²) in [7, 11) is -3.35. The lowest BCUT2D eigenvalue weighted by molar-refractivity contribution is 0.588. The summed E-state index contributed by atoms with van der Waals surface area (Å²) in [5.41, 5.74) is 1.16. The molecule has 83 valence electrons. The summed E-state index contributed by atoms with van der Waals surface area (Å²) in [5.74, 6) is 0. The lowest BCUT2D eigenvalue weighted by atomic mass is 10.1. The fraction of sp³-hybridized carbons (Fsp3) is 0.364. The Hall–Kier alpha value is -0.870. The second-order valence-electron chi connectivity index (χ2n) is 3.30. The first kappa shape index (κ1) is 12.2. The fourth-order valence-corrected chi connectivity index (χ4v) is 2.29. The van der Waals surface area contributed by atoms with Crippen molar-refractivity contribution < 1.29 is 8.42 Å². The van der Waals surface area contributed by atoms with Gasteiger partial charge in [0.2, 0.25) is 10.0 Å². The van der Waals surface area contributed by atoms with Crippen LogP contribution in [0.25, 0.3) is 0 Å². The van der Waals surface area contributed by atoms with Gasteiger partial charge in [-0.1, -0.05) is 25.5 Å². The molecule has 0 amide bonds. The number of nitrogens with one attached hydrogen (secondary N) is 1. The van der Waals surface area contributed by atoms with E-state index in [4.69, 9.17) is 0 Å². The molecule has 1 N–H and O–H groups in total. The van der Waals surface area contributed by atoms with Crippen molar-refractivity contribution in [3.05, 3.63) is 36.4 Å². The first-order valence-electron chi connectivity index (χ1n) is 4.99. The van der Waals surface area contributed by atoms with Crippen molar-refractivity contribution in [2.75, 3.05) is 0 Å². The third kappa shape index (κ3) is 3.32. The average Bonchev–Trinajstić information content (AvgIpc) is 2.19. The van der Waals surface area contributed by atoms with E-state index in [1.54, 1.807) is 19.1 Å². The van der Waals surface area contributed by atoms with Gasteiger partial charge in [-0.2, -0.15) is 0 Å². The Morgan fingerprint density at radius 1 is 1.27 bits per heavy atom. The zero-order valence-electron chi connectivity index (χ0n) is 9.03. The van der Waals surface area contributed by atoms with Gasteiger partial charge in [0.15, 0.2) is 0 Å². The molecule has 1 aromatic carbocycles. The minimum atomic E-state index is -3.35. The van der Waals surface area contributed by atoms with Crippen LogP contribution in [0, 0.1) is 6.54 Å². The molecular weight excluding hydrogens is 210 g/mol. The van der Waals surface area contributed by atoms with E-state index in [0.717, 1.165) is 18.4 Å². The molecule has 1 radical (unpaired) electrons.